The molecule has 0 saturated heterocycles. The molecule has 4 unspecified atom stereocenters. The van der Waals surface area contributed by atoms with E-state index in [1.54, 1.807) is 0 Å². The Labute approximate surface area is 214 Å². The number of benzene rings is 2. The molecule has 192 valence electrons. The Balaban J connectivity index is 1.24. The van der Waals surface area contributed by atoms with Crippen molar-refractivity contribution in [3.05, 3.63) is 59.7 Å². The quantitative estimate of drug-likeness (QED) is 0.304. The second-order valence-electron chi connectivity index (χ2n) is 11.7. The van der Waals surface area contributed by atoms with Gasteiger partial charge in [-0.25, -0.2) is 0 Å². The van der Waals surface area contributed by atoms with E-state index >= 15 is 0 Å². The normalized spacial score (nSPS) is 26.5. The third-order valence-electron chi connectivity index (χ3n) is 9.82. The van der Waals surface area contributed by atoms with E-state index in [2.05, 4.69) is 90.1 Å². The highest BCUT2D eigenvalue weighted by atomic mass is 16.5. The van der Waals surface area contributed by atoms with Crippen LogP contribution in [-0.2, 0) is 12.8 Å². The van der Waals surface area contributed by atoms with Gasteiger partial charge in [-0.3, -0.25) is 0 Å². The van der Waals surface area contributed by atoms with Gasteiger partial charge in [-0.1, -0.05) is 65.8 Å². The van der Waals surface area contributed by atoms with Crippen LogP contribution in [0, 0.1) is 22.7 Å². The molecule has 2 fully saturated rings. The number of aryl methyl sites for hydroxylation is 2. The van der Waals surface area contributed by atoms with Crippen molar-refractivity contribution in [2.24, 2.45) is 22.7 Å². The lowest BCUT2D eigenvalue weighted by atomic mass is 9.57. The van der Waals surface area contributed by atoms with Crippen molar-refractivity contribution in [3.63, 3.8) is 0 Å². The van der Waals surface area contributed by atoms with Gasteiger partial charge in [0, 0.05) is 10.8 Å². The summed E-state index contributed by atoms with van der Waals surface area (Å²) in [6.07, 6.45) is 11.5. The van der Waals surface area contributed by atoms with E-state index in [1.165, 1.54) is 49.7 Å². The Bertz CT molecular complexity index is 843. The fraction of sp³-hybridized carbons (Fsp3) is 0.636. The lowest BCUT2D eigenvalue weighted by Gasteiger charge is -2.53. The van der Waals surface area contributed by atoms with Crippen LogP contribution >= 0.6 is 0 Å². The topological polar surface area (TPSA) is 18.5 Å². The van der Waals surface area contributed by atoms with Gasteiger partial charge in [-0.15, -0.1) is 0 Å². The molecule has 0 aromatic heterocycles. The minimum atomic E-state index is 0.364. The summed E-state index contributed by atoms with van der Waals surface area (Å²) in [6, 6.07) is 17.7. The Kier molecular flexibility index (Phi) is 8.19. The lowest BCUT2D eigenvalue weighted by Crippen LogP contribution is -2.54. The Morgan fingerprint density at radius 1 is 0.600 bits per heavy atom. The summed E-state index contributed by atoms with van der Waals surface area (Å²) >= 11 is 0. The van der Waals surface area contributed by atoms with Gasteiger partial charge >= 0.3 is 0 Å². The smallest absolute Gasteiger partial charge is 0.119 e. The van der Waals surface area contributed by atoms with Crippen LogP contribution in [0.3, 0.4) is 0 Å². The average Bonchev–Trinajstić information content (AvgIpc) is 2.89. The summed E-state index contributed by atoms with van der Waals surface area (Å²) in [7, 11) is 0. The molecule has 2 nitrogen and oxygen atoms in total. The van der Waals surface area contributed by atoms with Crippen LogP contribution in [-0.4, -0.2) is 12.2 Å². The summed E-state index contributed by atoms with van der Waals surface area (Å²) in [6.45, 7) is 13.9. The van der Waals surface area contributed by atoms with E-state index < -0.39 is 0 Å². The summed E-state index contributed by atoms with van der Waals surface area (Å²) in [5.74, 6) is 3.37. The second-order valence-corrected chi connectivity index (χ2v) is 11.7. The summed E-state index contributed by atoms with van der Waals surface area (Å²) < 4.78 is 12.9. The highest BCUT2D eigenvalue weighted by molar-refractivity contribution is 5.30. The summed E-state index contributed by atoms with van der Waals surface area (Å²) in [5.41, 5.74) is 3.55. The van der Waals surface area contributed by atoms with Gasteiger partial charge in [0.15, 0.2) is 0 Å². The van der Waals surface area contributed by atoms with E-state index in [9.17, 15) is 0 Å². The first-order valence-electron chi connectivity index (χ1n) is 14.4. The standard InChI is InChI=1S/C33H48O2/c1-7-32(8-2)22-24(5)30(32)34-28-18-14-26(15-19-28)12-11-13-27-16-20-29(21-17-27)35-31-25(6)23-33(31,9-3)10-4/h14-21,24-25,30-31H,7-13,22-23H2,1-6H3. The zero-order valence-electron chi connectivity index (χ0n) is 23.1. The lowest BCUT2D eigenvalue weighted by molar-refractivity contribution is -0.101. The summed E-state index contributed by atoms with van der Waals surface area (Å²) in [5, 5.41) is 0. The molecular weight excluding hydrogens is 428 g/mol. The van der Waals surface area contributed by atoms with Gasteiger partial charge < -0.3 is 9.47 Å². The maximum Gasteiger partial charge on any atom is 0.119 e. The van der Waals surface area contributed by atoms with Crippen LogP contribution in [0.15, 0.2) is 48.5 Å². The monoisotopic (exact) mass is 476 g/mol. The molecule has 0 bridgehead atoms. The first kappa shape index (κ1) is 26.1. The van der Waals surface area contributed by atoms with E-state index in [1.807, 2.05) is 0 Å². The molecule has 0 heterocycles. The van der Waals surface area contributed by atoms with Gasteiger partial charge in [-0.05, 0) is 105 Å². The van der Waals surface area contributed by atoms with Crippen molar-refractivity contribution < 1.29 is 9.47 Å². The fourth-order valence-electron chi connectivity index (χ4n) is 7.24. The molecule has 2 aromatic carbocycles. The molecule has 2 aliphatic rings. The molecule has 2 aromatic rings. The van der Waals surface area contributed by atoms with E-state index in [-0.39, 0.29) is 0 Å². The van der Waals surface area contributed by atoms with Crippen molar-refractivity contribution in [3.8, 4) is 11.5 Å². The first-order chi connectivity index (χ1) is 16.9. The van der Waals surface area contributed by atoms with Crippen LogP contribution in [0.2, 0.25) is 0 Å². The maximum atomic E-state index is 6.46. The third kappa shape index (κ3) is 5.27. The molecule has 2 heteroatoms. The van der Waals surface area contributed by atoms with Crippen molar-refractivity contribution >= 4 is 0 Å². The van der Waals surface area contributed by atoms with Crippen LogP contribution in [0.4, 0.5) is 0 Å². The molecule has 2 aliphatic carbocycles. The van der Waals surface area contributed by atoms with E-state index in [0.29, 0.717) is 34.9 Å². The number of ether oxygens (including phenoxy) is 2. The molecular formula is C33H48O2. The number of rotatable bonds is 12. The largest absolute Gasteiger partial charge is 0.490 e. The maximum absolute atomic E-state index is 6.46. The fourth-order valence-corrected chi connectivity index (χ4v) is 7.24. The Hall–Kier alpha value is -1.96. The van der Waals surface area contributed by atoms with Crippen LogP contribution in [0.25, 0.3) is 0 Å². The average molecular weight is 477 g/mol. The SMILES string of the molecule is CCC1(CC)CC(C)C1Oc1ccc(CCCc2ccc(OC3C(C)CC3(CC)CC)cc2)cc1. The van der Waals surface area contributed by atoms with Crippen LogP contribution in [0.1, 0.15) is 97.6 Å². The summed E-state index contributed by atoms with van der Waals surface area (Å²) in [4.78, 5) is 0. The minimum Gasteiger partial charge on any atom is -0.490 e. The molecule has 35 heavy (non-hydrogen) atoms. The van der Waals surface area contributed by atoms with Gasteiger partial charge in [0.25, 0.3) is 0 Å². The predicted octanol–water partition coefficient (Wildman–Crippen LogP) is 9.05. The van der Waals surface area contributed by atoms with E-state index in [4.69, 9.17) is 9.47 Å². The molecule has 0 radical (unpaired) electrons. The Morgan fingerprint density at radius 2 is 0.943 bits per heavy atom. The highest BCUT2D eigenvalue weighted by Crippen LogP contribution is 2.53. The Morgan fingerprint density at radius 3 is 1.23 bits per heavy atom. The zero-order chi connectivity index (χ0) is 25.1. The molecule has 0 aliphatic heterocycles. The molecule has 0 amide bonds. The molecule has 0 spiro atoms. The molecule has 2 saturated carbocycles. The van der Waals surface area contributed by atoms with Gasteiger partial charge in [-0.2, -0.15) is 0 Å². The van der Waals surface area contributed by atoms with Crippen molar-refractivity contribution in [2.45, 2.75) is 112 Å². The minimum absolute atomic E-state index is 0.364. The van der Waals surface area contributed by atoms with Crippen LogP contribution in [0.5, 0.6) is 11.5 Å². The number of hydrogen-bond donors (Lipinski definition) is 0. The van der Waals surface area contributed by atoms with Crippen molar-refractivity contribution in [1.29, 1.82) is 0 Å². The van der Waals surface area contributed by atoms with Gasteiger partial charge in [0.05, 0.1) is 0 Å². The molecule has 0 N–H and O–H groups in total. The van der Waals surface area contributed by atoms with E-state index in [0.717, 1.165) is 30.8 Å². The number of hydrogen-bond acceptors (Lipinski definition) is 2. The van der Waals surface area contributed by atoms with Crippen molar-refractivity contribution in [1.82, 2.24) is 0 Å². The van der Waals surface area contributed by atoms with Gasteiger partial charge in [0.1, 0.15) is 23.7 Å². The zero-order valence-corrected chi connectivity index (χ0v) is 23.1. The third-order valence-corrected chi connectivity index (χ3v) is 9.82. The molecule has 4 rings (SSSR count). The highest BCUT2D eigenvalue weighted by Gasteiger charge is 2.51. The second kappa shape index (κ2) is 11.0. The first-order valence-corrected chi connectivity index (χ1v) is 14.4. The van der Waals surface area contributed by atoms with Crippen LogP contribution < -0.4 is 9.47 Å². The van der Waals surface area contributed by atoms with Crippen molar-refractivity contribution in [2.75, 3.05) is 0 Å². The van der Waals surface area contributed by atoms with Gasteiger partial charge in [0.2, 0.25) is 0 Å². The predicted molar refractivity (Wildman–Crippen MR) is 147 cm³/mol. The molecule has 4 atom stereocenters.